The molecule has 0 atom stereocenters. The summed E-state index contributed by atoms with van der Waals surface area (Å²) in [4.78, 5) is 29.9. The van der Waals surface area contributed by atoms with E-state index in [4.69, 9.17) is 0 Å². The topological polar surface area (TPSA) is 128 Å². The van der Waals surface area contributed by atoms with Crippen LogP contribution in [0.15, 0.2) is 40.0 Å². The zero-order chi connectivity index (χ0) is 20.6. The van der Waals surface area contributed by atoms with E-state index in [0.29, 0.717) is 41.5 Å². The summed E-state index contributed by atoms with van der Waals surface area (Å²) in [6.45, 7) is 2.29. The SMILES string of the molecule is CN1CCN(S(=O)(=O)c2ccc3nc(NC(=O)c4ccc(=O)[nH]n4)sc3c2)CC1. The third kappa shape index (κ3) is 4.05. The Morgan fingerprint density at radius 2 is 1.93 bits per heavy atom. The zero-order valence-electron chi connectivity index (χ0n) is 15.5. The van der Waals surface area contributed by atoms with E-state index in [0.717, 1.165) is 0 Å². The molecular weight excluding hydrogens is 416 g/mol. The number of fused-ring (bicyclic) bond motifs is 1. The van der Waals surface area contributed by atoms with Crippen molar-refractivity contribution in [2.75, 3.05) is 38.5 Å². The van der Waals surface area contributed by atoms with Gasteiger partial charge >= 0.3 is 0 Å². The molecule has 1 aliphatic heterocycles. The van der Waals surface area contributed by atoms with Crippen molar-refractivity contribution in [2.24, 2.45) is 0 Å². The van der Waals surface area contributed by atoms with Crippen molar-refractivity contribution in [1.29, 1.82) is 0 Å². The number of anilines is 1. The van der Waals surface area contributed by atoms with E-state index in [1.165, 1.54) is 33.8 Å². The molecule has 2 N–H and O–H groups in total. The van der Waals surface area contributed by atoms with E-state index < -0.39 is 21.5 Å². The first-order chi connectivity index (χ1) is 13.8. The van der Waals surface area contributed by atoms with Crippen molar-refractivity contribution >= 4 is 42.6 Å². The number of carbonyl (C=O) groups excluding carboxylic acids is 1. The van der Waals surface area contributed by atoms with Crippen molar-refractivity contribution in [1.82, 2.24) is 24.4 Å². The van der Waals surface area contributed by atoms with Gasteiger partial charge in [0.05, 0.1) is 15.1 Å². The fourth-order valence-corrected chi connectivity index (χ4v) is 5.35. The summed E-state index contributed by atoms with van der Waals surface area (Å²) < 4.78 is 28.0. The first kappa shape index (κ1) is 19.6. The highest BCUT2D eigenvalue weighted by molar-refractivity contribution is 7.89. The van der Waals surface area contributed by atoms with Crippen molar-refractivity contribution in [3.63, 3.8) is 0 Å². The highest BCUT2D eigenvalue weighted by Crippen LogP contribution is 2.29. The van der Waals surface area contributed by atoms with Crippen LogP contribution in [0.1, 0.15) is 10.5 Å². The van der Waals surface area contributed by atoms with Gasteiger partial charge in [-0.1, -0.05) is 11.3 Å². The molecule has 1 aromatic carbocycles. The van der Waals surface area contributed by atoms with Gasteiger partial charge in [0.15, 0.2) is 5.13 Å². The van der Waals surface area contributed by atoms with E-state index >= 15 is 0 Å². The first-order valence-electron chi connectivity index (χ1n) is 8.79. The number of benzene rings is 1. The second-order valence-electron chi connectivity index (χ2n) is 6.62. The molecule has 4 rings (SSSR count). The average molecular weight is 435 g/mol. The molecule has 3 heterocycles. The molecule has 0 bridgehead atoms. The van der Waals surface area contributed by atoms with Crippen LogP contribution in [0.5, 0.6) is 0 Å². The fraction of sp³-hybridized carbons (Fsp3) is 0.294. The Hall–Kier alpha value is -2.67. The molecule has 1 aliphatic rings. The largest absolute Gasteiger partial charge is 0.304 e. The minimum atomic E-state index is -3.58. The predicted molar refractivity (Wildman–Crippen MR) is 109 cm³/mol. The van der Waals surface area contributed by atoms with Crippen LogP contribution in [0.25, 0.3) is 10.2 Å². The van der Waals surface area contributed by atoms with Crippen LogP contribution in [-0.2, 0) is 10.0 Å². The van der Waals surface area contributed by atoms with Gasteiger partial charge in [-0.15, -0.1) is 0 Å². The van der Waals surface area contributed by atoms with Crippen molar-refractivity contribution < 1.29 is 13.2 Å². The zero-order valence-corrected chi connectivity index (χ0v) is 17.1. The normalized spacial score (nSPS) is 16.2. The summed E-state index contributed by atoms with van der Waals surface area (Å²) in [5.41, 5.74) is 0.217. The summed E-state index contributed by atoms with van der Waals surface area (Å²) in [5.74, 6) is -0.523. The van der Waals surface area contributed by atoms with Crippen LogP contribution in [0.2, 0.25) is 0 Å². The molecule has 0 saturated carbocycles. The number of thiazole rings is 1. The van der Waals surface area contributed by atoms with Gasteiger partial charge in [0, 0.05) is 32.2 Å². The Morgan fingerprint density at radius 1 is 1.17 bits per heavy atom. The maximum Gasteiger partial charge on any atom is 0.277 e. The highest BCUT2D eigenvalue weighted by atomic mass is 32.2. The molecule has 152 valence electrons. The summed E-state index contributed by atoms with van der Waals surface area (Å²) in [7, 11) is -1.62. The molecule has 0 unspecified atom stereocenters. The summed E-state index contributed by atoms with van der Waals surface area (Å²) >= 11 is 1.17. The third-order valence-electron chi connectivity index (χ3n) is 4.59. The smallest absolute Gasteiger partial charge is 0.277 e. The monoisotopic (exact) mass is 434 g/mol. The lowest BCUT2D eigenvalue weighted by molar-refractivity contribution is 0.102. The molecule has 0 radical (unpaired) electrons. The van der Waals surface area contributed by atoms with Crippen LogP contribution < -0.4 is 10.9 Å². The van der Waals surface area contributed by atoms with E-state index in [9.17, 15) is 18.0 Å². The number of nitrogens with one attached hydrogen (secondary N) is 2. The summed E-state index contributed by atoms with van der Waals surface area (Å²) in [5, 5.41) is 8.79. The van der Waals surface area contributed by atoms with Crippen LogP contribution in [0, 0.1) is 0 Å². The maximum absolute atomic E-state index is 12.9. The molecule has 0 aliphatic carbocycles. The first-order valence-corrected chi connectivity index (χ1v) is 11.0. The van der Waals surface area contributed by atoms with Crippen molar-refractivity contribution in [2.45, 2.75) is 4.90 Å². The summed E-state index contributed by atoms with van der Waals surface area (Å²) in [6, 6.07) is 7.25. The Morgan fingerprint density at radius 3 is 2.62 bits per heavy atom. The van der Waals surface area contributed by atoms with Gasteiger partial charge in [0.1, 0.15) is 5.69 Å². The molecular formula is C17H18N6O4S2. The van der Waals surface area contributed by atoms with Gasteiger partial charge < -0.3 is 4.90 Å². The number of carbonyl (C=O) groups is 1. The molecule has 3 aromatic rings. The van der Waals surface area contributed by atoms with Crippen LogP contribution in [-0.4, -0.2) is 71.9 Å². The number of nitrogens with zero attached hydrogens (tertiary/aromatic N) is 4. The lowest BCUT2D eigenvalue weighted by Gasteiger charge is -2.31. The summed E-state index contributed by atoms with van der Waals surface area (Å²) in [6.07, 6.45) is 0. The number of aromatic nitrogens is 3. The van der Waals surface area contributed by atoms with Crippen LogP contribution >= 0.6 is 11.3 Å². The number of H-pyrrole nitrogens is 1. The van der Waals surface area contributed by atoms with Gasteiger partial charge in [-0.05, 0) is 31.3 Å². The standard InChI is InChI=1S/C17H18N6O4S2/c1-22-6-8-23(9-7-22)29(26,27)11-2-3-12-14(10-11)28-17(18-12)19-16(25)13-4-5-15(24)21-20-13/h2-5,10H,6-9H2,1H3,(H,21,24)(H,18,19,25). The second kappa shape index (κ2) is 7.63. The molecule has 2 aromatic heterocycles. The number of piperazine rings is 1. The molecule has 1 saturated heterocycles. The van der Waals surface area contributed by atoms with Gasteiger partial charge in [0.25, 0.3) is 11.5 Å². The average Bonchev–Trinajstić information content (AvgIpc) is 3.10. The quantitative estimate of drug-likeness (QED) is 0.614. The van der Waals surface area contributed by atoms with Gasteiger partial charge in [0.2, 0.25) is 10.0 Å². The molecule has 29 heavy (non-hydrogen) atoms. The lowest BCUT2D eigenvalue weighted by Crippen LogP contribution is -2.46. The molecule has 1 amide bonds. The minimum Gasteiger partial charge on any atom is -0.304 e. The third-order valence-corrected chi connectivity index (χ3v) is 7.42. The Bertz CT molecular complexity index is 1210. The fourth-order valence-electron chi connectivity index (χ4n) is 2.93. The number of likely N-dealkylation sites (N-methyl/N-ethyl adjacent to an activating group) is 1. The van der Waals surface area contributed by atoms with Gasteiger partial charge in [-0.3, -0.25) is 14.9 Å². The van der Waals surface area contributed by atoms with Crippen LogP contribution in [0.4, 0.5) is 5.13 Å². The van der Waals surface area contributed by atoms with Crippen molar-refractivity contribution in [3.05, 3.63) is 46.4 Å². The Balaban J connectivity index is 1.57. The predicted octanol–water partition coefficient (Wildman–Crippen LogP) is 0.568. The second-order valence-corrected chi connectivity index (χ2v) is 9.59. The number of rotatable bonds is 4. The van der Waals surface area contributed by atoms with E-state index in [-0.39, 0.29) is 10.6 Å². The molecule has 10 nitrogen and oxygen atoms in total. The number of sulfonamides is 1. The molecule has 1 fully saturated rings. The molecule has 0 spiro atoms. The van der Waals surface area contributed by atoms with E-state index in [2.05, 4.69) is 25.4 Å². The van der Waals surface area contributed by atoms with Crippen molar-refractivity contribution in [3.8, 4) is 0 Å². The Labute approximate surface area is 170 Å². The van der Waals surface area contributed by atoms with Gasteiger partial charge in [-0.2, -0.15) is 9.40 Å². The number of aromatic amines is 1. The highest BCUT2D eigenvalue weighted by Gasteiger charge is 2.27. The minimum absolute atomic E-state index is 0.0437. The van der Waals surface area contributed by atoms with E-state index in [1.807, 2.05) is 7.05 Å². The number of amides is 1. The van der Waals surface area contributed by atoms with Crippen LogP contribution in [0.3, 0.4) is 0 Å². The molecule has 12 heteroatoms. The maximum atomic E-state index is 12.9. The van der Waals surface area contributed by atoms with Gasteiger partial charge in [-0.25, -0.2) is 18.5 Å². The van der Waals surface area contributed by atoms with E-state index in [1.54, 1.807) is 12.1 Å². The Kier molecular flexibility index (Phi) is 5.17. The number of hydrogen-bond acceptors (Lipinski definition) is 8. The number of hydrogen-bond donors (Lipinski definition) is 2. The lowest BCUT2D eigenvalue weighted by atomic mass is 10.3.